The number of allylic oxidation sites excluding steroid dienone is 3. The number of quaternary nitrogens is 1. The molecule has 52 valence electrons. The van der Waals surface area contributed by atoms with Crippen LogP contribution in [0.5, 0.6) is 0 Å². The molecule has 0 aliphatic heterocycles. The lowest BCUT2D eigenvalue weighted by Gasteiger charge is -1.88. The minimum absolute atomic E-state index is 1.05. The average Bonchev–Trinajstić information content (AvgIpc) is 1.63. The summed E-state index contributed by atoms with van der Waals surface area (Å²) in [6.45, 7) is 5.99. The summed E-state index contributed by atoms with van der Waals surface area (Å²) in [5, 5.41) is 8.32. The number of hydrogen-bond acceptors (Lipinski definition) is 1. The first kappa shape index (κ1) is 8.40. The van der Waals surface area contributed by atoms with Gasteiger partial charge in [-0.3, -0.25) is 0 Å². The summed E-state index contributed by atoms with van der Waals surface area (Å²) in [7, 11) is 0. The van der Waals surface area contributed by atoms with Gasteiger partial charge in [-0.1, -0.05) is 11.6 Å². The maximum Gasteiger partial charge on any atom is 0.128 e. The Labute approximate surface area is 55.8 Å². The molecule has 0 aromatic carbocycles. The van der Waals surface area contributed by atoms with Gasteiger partial charge in [0.25, 0.3) is 0 Å². The van der Waals surface area contributed by atoms with E-state index in [4.69, 9.17) is 5.21 Å². The van der Waals surface area contributed by atoms with Gasteiger partial charge in [0, 0.05) is 5.57 Å². The van der Waals surface area contributed by atoms with Crippen molar-refractivity contribution in [1.29, 1.82) is 0 Å². The van der Waals surface area contributed by atoms with E-state index in [1.165, 1.54) is 5.57 Å². The van der Waals surface area contributed by atoms with Crippen LogP contribution in [0.4, 0.5) is 0 Å². The van der Waals surface area contributed by atoms with Crippen molar-refractivity contribution in [3.63, 3.8) is 0 Å². The van der Waals surface area contributed by atoms with Crippen LogP contribution in [0.25, 0.3) is 0 Å². The number of nitrogens with two attached hydrogens (primary N) is 1. The van der Waals surface area contributed by atoms with Gasteiger partial charge in [0.2, 0.25) is 0 Å². The van der Waals surface area contributed by atoms with Crippen LogP contribution < -0.4 is 5.48 Å². The van der Waals surface area contributed by atoms with Gasteiger partial charge in [-0.2, -0.15) is 5.48 Å². The van der Waals surface area contributed by atoms with Crippen molar-refractivity contribution < 1.29 is 10.7 Å². The zero-order valence-electron chi connectivity index (χ0n) is 6.18. The van der Waals surface area contributed by atoms with Crippen LogP contribution in [0.1, 0.15) is 20.8 Å². The summed E-state index contributed by atoms with van der Waals surface area (Å²) in [5.74, 6) is 0. The minimum atomic E-state index is 1.05. The van der Waals surface area contributed by atoms with Gasteiger partial charge >= 0.3 is 0 Å². The van der Waals surface area contributed by atoms with E-state index in [1.807, 2.05) is 26.8 Å². The first-order chi connectivity index (χ1) is 4.16. The Bertz CT molecular complexity index is 132. The first-order valence-electron chi connectivity index (χ1n) is 2.96. The summed E-state index contributed by atoms with van der Waals surface area (Å²) < 4.78 is 0. The molecule has 0 spiro atoms. The van der Waals surface area contributed by atoms with Gasteiger partial charge < -0.3 is 0 Å². The second kappa shape index (κ2) is 4.30. The normalized spacial score (nSPS) is 11.3. The molecule has 0 saturated carbocycles. The fourth-order valence-corrected chi connectivity index (χ4v) is 0.621. The van der Waals surface area contributed by atoms with E-state index in [0.717, 1.165) is 11.1 Å². The second-order valence-corrected chi connectivity index (χ2v) is 2.28. The van der Waals surface area contributed by atoms with Crippen LogP contribution in [-0.2, 0) is 0 Å². The molecule has 0 aromatic rings. The summed E-state index contributed by atoms with van der Waals surface area (Å²) in [6, 6.07) is 0. The summed E-state index contributed by atoms with van der Waals surface area (Å²) >= 11 is 0. The van der Waals surface area contributed by atoms with Crippen molar-refractivity contribution in [1.82, 2.24) is 0 Å². The molecule has 0 bridgehead atoms. The van der Waals surface area contributed by atoms with E-state index in [1.54, 1.807) is 6.20 Å². The Kier molecular flexibility index (Phi) is 4.01. The van der Waals surface area contributed by atoms with Gasteiger partial charge in [-0.25, -0.2) is 5.21 Å². The van der Waals surface area contributed by atoms with Crippen LogP contribution in [0.15, 0.2) is 23.4 Å². The topological polar surface area (TPSA) is 36.8 Å². The largest absolute Gasteiger partial charge is 0.216 e. The lowest BCUT2D eigenvalue weighted by atomic mass is 10.2. The van der Waals surface area contributed by atoms with Crippen molar-refractivity contribution in [3.05, 3.63) is 23.4 Å². The predicted octanol–water partition coefficient (Wildman–Crippen LogP) is 0.809. The van der Waals surface area contributed by atoms with Crippen molar-refractivity contribution in [3.8, 4) is 0 Å². The molecule has 0 heterocycles. The van der Waals surface area contributed by atoms with Crippen molar-refractivity contribution in [2.24, 2.45) is 0 Å². The molecule has 0 atom stereocenters. The van der Waals surface area contributed by atoms with Crippen molar-refractivity contribution in [2.75, 3.05) is 0 Å². The highest BCUT2D eigenvalue weighted by atomic mass is 16.5. The van der Waals surface area contributed by atoms with Gasteiger partial charge in [0.05, 0.1) is 0 Å². The van der Waals surface area contributed by atoms with E-state index in [9.17, 15) is 0 Å². The molecule has 0 radical (unpaired) electrons. The van der Waals surface area contributed by atoms with Gasteiger partial charge in [-0.15, -0.1) is 0 Å². The summed E-state index contributed by atoms with van der Waals surface area (Å²) in [4.78, 5) is 0. The second-order valence-electron chi connectivity index (χ2n) is 2.28. The zero-order valence-corrected chi connectivity index (χ0v) is 6.18. The maximum atomic E-state index is 8.32. The average molecular weight is 128 g/mol. The summed E-state index contributed by atoms with van der Waals surface area (Å²) in [6.07, 6.45) is 3.67. The number of rotatable bonds is 2. The predicted molar refractivity (Wildman–Crippen MR) is 36.9 cm³/mol. The molecular weight excluding hydrogens is 114 g/mol. The molecule has 2 heteroatoms. The molecule has 0 fully saturated rings. The molecule has 0 aromatic heterocycles. The molecule has 0 saturated heterocycles. The van der Waals surface area contributed by atoms with Gasteiger partial charge in [0.1, 0.15) is 6.20 Å². The minimum Gasteiger partial charge on any atom is -0.216 e. The Morgan fingerprint density at radius 3 is 2.22 bits per heavy atom. The highest BCUT2D eigenvalue weighted by Crippen LogP contribution is 1.96. The van der Waals surface area contributed by atoms with Crippen LogP contribution in [0, 0.1) is 0 Å². The van der Waals surface area contributed by atoms with Crippen LogP contribution in [-0.4, -0.2) is 5.21 Å². The molecular formula is C7H14NO+. The Hall–Kier alpha value is -0.600. The van der Waals surface area contributed by atoms with Crippen LogP contribution >= 0.6 is 0 Å². The van der Waals surface area contributed by atoms with E-state index >= 15 is 0 Å². The molecule has 9 heavy (non-hydrogen) atoms. The molecule has 0 amide bonds. The first-order valence-corrected chi connectivity index (χ1v) is 2.96. The molecule has 3 N–H and O–H groups in total. The number of hydrogen-bond donors (Lipinski definition) is 2. The molecule has 0 rings (SSSR count). The van der Waals surface area contributed by atoms with E-state index in [2.05, 4.69) is 0 Å². The Balaban J connectivity index is 3.90. The van der Waals surface area contributed by atoms with Crippen LogP contribution in [0.2, 0.25) is 0 Å². The van der Waals surface area contributed by atoms with Crippen molar-refractivity contribution in [2.45, 2.75) is 20.8 Å². The van der Waals surface area contributed by atoms with E-state index in [-0.39, 0.29) is 0 Å². The lowest BCUT2D eigenvalue weighted by Crippen LogP contribution is -2.73. The Morgan fingerprint density at radius 1 is 1.33 bits per heavy atom. The maximum absolute atomic E-state index is 8.32. The highest BCUT2D eigenvalue weighted by molar-refractivity contribution is 5.16. The fraction of sp³-hybridized carbons (Fsp3) is 0.429. The quantitative estimate of drug-likeness (QED) is 0.419. The van der Waals surface area contributed by atoms with Crippen molar-refractivity contribution >= 4 is 0 Å². The molecule has 0 unspecified atom stereocenters. The SMILES string of the molecule is CC(C)=C/C(C)=C\[NH2+]O. The third-order valence-electron chi connectivity index (χ3n) is 0.854. The fourth-order valence-electron chi connectivity index (χ4n) is 0.621. The molecule has 2 nitrogen and oxygen atoms in total. The Morgan fingerprint density at radius 2 is 1.89 bits per heavy atom. The van der Waals surface area contributed by atoms with Gasteiger partial charge in [0.15, 0.2) is 0 Å². The third-order valence-corrected chi connectivity index (χ3v) is 0.854. The number of hydroxylamine groups is 1. The van der Waals surface area contributed by atoms with Gasteiger partial charge in [-0.05, 0) is 20.8 Å². The monoisotopic (exact) mass is 128 g/mol. The van der Waals surface area contributed by atoms with E-state index < -0.39 is 0 Å². The smallest absolute Gasteiger partial charge is 0.128 e. The molecule has 0 aliphatic rings. The van der Waals surface area contributed by atoms with E-state index in [0.29, 0.717) is 0 Å². The standard InChI is InChI=1S/C7H13NO/c1-6(2)4-7(3)5-8-9/h4-5,8-9H,1-3H3/p+1/b7-5-. The zero-order chi connectivity index (χ0) is 7.28. The third kappa shape index (κ3) is 5.27. The van der Waals surface area contributed by atoms with Crippen LogP contribution in [0.3, 0.4) is 0 Å². The lowest BCUT2D eigenvalue weighted by molar-refractivity contribution is -0.838. The molecule has 0 aliphatic carbocycles. The highest BCUT2D eigenvalue weighted by Gasteiger charge is 1.82. The summed E-state index contributed by atoms with van der Waals surface area (Å²) in [5.41, 5.74) is 3.36.